The van der Waals surface area contributed by atoms with Crippen molar-refractivity contribution in [2.45, 2.75) is 25.5 Å². The van der Waals surface area contributed by atoms with E-state index in [-0.39, 0.29) is 6.61 Å². The Morgan fingerprint density at radius 1 is 1.25 bits per heavy atom. The van der Waals surface area contributed by atoms with Crippen molar-refractivity contribution < 1.29 is 5.11 Å². The average Bonchev–Trinajstić information content (AvgIpc) is 3.09. The summed E-state index contributed by atoms with van der Waals surface area (Å²) in [4.78, 5) is 4.29. The van der Waals surface area contributed by atoms with E-state index in [1.165, 1.54) is 18.4 Å². The van der Waals surface area contributed by atoms with Crippen LogP contribution in [-0.4, -0.2) is 14.7 Å². The van der Waals surface area contributed by atoms with Gasteiger partial charge in [-0.3, -0.25) is 0 Å². The summed E-state index contributed by atoms with van der Waals surface area (Å²) in [5.74, 6) is 0.779. The van der Waals surface area contributed by atoms with Gasteiger partial charge in [-0.25, -0.2) is 4.98 Å². The molecule has 16 heavy (non-hydrogen) atoms. The SMILES string of the molecule is OCc1ncc(-c2ccccc2)n1C1CC1. The molecule has 1 aromatic carbocycles. The maximum absolute atomic E-state index is 9.27. The van der Waals surface area contributed by atoms with Crippen molar-refractivity contribution in [2.75, 3.05) is 0 Å². The third-order valence-corrected chi connectivity index (χ3v) is 3.00. The first kappa shape index (κ1) is 9.60. The molecule has 3 nitrogen and oxygen atoms in total. The van der Waals surface area contributed by atoms with E-state index in [2.05, 4.69) is 21.7 Å². The van der Waals surface area contributed by atoms with E-state index in [9.17, 15) is 5.11 Å². The molecule has 0 spiro atoms. The second kappa shape index (κ2) is 3.76. The number of rotatable bonds is 3. The Balaban J connectivity index is 2.10. The molecule has 0 aliphatic heterocycles. The highest BCUT2D eigenvalue weighted by Crippen LogP contribution is 2.39. The number of aromatic nitrogens is 2. The van der Waals surface area contributed by atoms with Gasteiger partial charge in [0.1, 0.15) is 12.4 Å². The number of aliphatic hydroxyl groups is 1. The summed E-state index contributed by atoms with van der Waals surface area (Å²) >= 11 is 0. The zero-order chi connectivity index (χ0) is 11.0. The Hall–Kier alpha value is -1.61. The molecule has 1 aliphatic rings. The molecule has 0 amide bonds. The number of nitrogens with zero attached hydrogens (tertiary/aromatic N) is 2. The Bertz CT molecular complexity index is 486. The number of benzene rings is 1. The summed E-state index contributed by atoms with van der Waals surface area (Å²) in [6, 6.07) is 10.8. The van der Waals surface area contributed by atoms with Crippen molar-refractivity contribution in [1.82, 2.24) is 9.55 Å². The van der Waals surface area contributed by atoms with Gasteiger partial charge in [-0.1, -0.05) is 30.3 Å². The van der Waals surface area contributed by atoms with Crippen LogP contribution >= 0.6 is 0 Å². The molecule has 0 radical (unpaired) electrons. The summed E-state index contributed by atoms with van der Waals surface area (Å²) in [7, 11) is 0. The highest BCUT2D eigenvalue weighted by Gasteiger charge is 2.28. The van der Waals surface area contributed by atoms with Crippen LogP contribution in [0.4, 0.5) is 0 Å². The van der Waals surface area contributed by atoms with Crippen molar-refractivity contribution >= 4 is 0 Å². The van der Waals surface area contributed by atoms with Gasteiger partial charge in [-0.05, 0) is 18.4 Å². The first-order chi connectivity index (χ1) is 7.90. The first-order valence-corrected chi connectivity index (χ1v) is 5.62. The molecule has 0 unspecified atom stereocenters. The lowest BCUT2D eigenvalue weighted by Crippen LogP contribution is -2.03. The molecule has 1 saturated carbocycles. The van der Waals surface area contributed by atoms with Crippen LogP contribution in [0.5, 0.6) is 0 Å². The quantitative estimate of drug-likeness (QED) is 0.851. The Kier molecular flexibility index (Phi) is 2.26. The van der Waals surface area contributed by atoms with Gasteiger partial charge in [0.2, 0.25) is 0 Å². The molecule has 0 saturated heterocycles. The highest BCUT2D eigenvalue weighted by atomic mass is 16.3. The summed E-state index contributed by atoms with van der Waals surface area (Å²) in [5.41, 5.74) is 2.29. The molecule has 3 rings (SSSR count). The molecule has 1 N–H and O–H groups in total. The second-order valence-corrected chi connectivity index (χ2v) is 4.18. The monoisotopic (exact) mass is 214 g/mol. The Morgan fingerprint density at radius 2 is 2.00 bits per heavy atom. The first-order valence-electron chi connectivity index (χ1n) is 5.62. The normalized spacial score (nSPS) is 15.3. The Morgan fingerprint density at radius 3 is 2.62 bits per heavy atom. The van der Waals surface area contributed by atoms with Crippen LogP contribution in [0.2, 0.25) is 0 Å². The molecule has 82 valence electrons. The molecular formula is C13H14N2O. The molecule has 2 aromatic rings. The third-order valence-electron chi connectivity index (χ3n) is 3.00. The molecule has 0 bridgehead atoms. The van der Waals surface area contributed by atoms with Gasteiger partial charge in [0, 0.05) is 6.04 Å². The van der Waals surface area contributed by atoms with E-state index >= 15 is 0 Å². The van der Waals surface area contributed by atoms with Crippen LogP contribution < -0.4 is 0 Å². The minimum absolute atomic E-state index is 0.0172. The summed E-state index contributed by atoms with van der Waals surface area (Å²) in [6.07, 6.45) is 4.26. The van der Waals surface area contributed by atoms with Crippen molar-refractivity contribution in [3.63, 3.8) is 0 Å². The molecule has 0 atom stereocenters. The fourth-order valence-electron chi connectivity index (χ4n) is 2.08. The predicted octanol–water partition coefficient (Wildman–Crippen LogP) is 2.38. The average molecular weight is 214 g/mol. The van der Waals surface area contributed by atoms with Crippen LogP contribution in [0, 0.1) is 0 Å². The maximum atomic E-state index is 9.27. The van der Waals surface area contributed by atoms with Gasteiger partial charge in [0.05, 0.1) is 11.9 Å². The van der Waals surface area contributed by atoms with E-state index in [4.69, 9.17) is 0 Å². The van der Waals surface area contributed by atoms with Gasteiger partial charge in [-0.2, -0.15) is 0 Å². The summed E-state index contributed by atoms with van der Waals surface area (Å²) in [5, 5.41) is 9.27. The number of imidazole rings is 1. The predicted molar refractivity (Wildman–Crippen MR) is 61.9 cm³/mol. The highest BCUT2D eigenvalue weighted by molar-refractivity contribution is 5.59. The van der Waals surface area contributed by atoms with Crippen molar-refractivity contribution in [2.24, 2.45) is 0 Å². The van der Waals surface area contributed by atoms with Crippen LogP contribution in [0.3, 0.4) is 0 Å². The van der Waals surface area contributed by atoms with Crippen LogP contribution in [0.25, 0.3) is 11.3 Å². The smallest absolute Gasteiger partial charge is 0.135 e. The van der Waals surface area contributed by atoms with Crippen molar-refractivity contribution in [3.8, 4) is 11.3 Å². The molecule has 1 heterocycles. The lowest BCUT2D eigenvalue weighted by atomic mass is 10.2. The van der Waals surface area contributed by atoms with Crippen LogP contribution in [0.15, 0.2) is 36.5 Å². The zero-order valence-corrected chi connectivity index (χ0v) is 9.00. The summed E-state index contributed by atoms with van der Waals surface area (Å²) in [6.45, 7) is 0.0172. The second-order valence-electron chi connectivity index (χ2n) is 4.18. The maximum Gasteiger partial charge on any atom is 0.135 e. The summed E-state index contributed by atoms with van der Waals surface area (Å²) < 4.78 is 2.18. The minimum atomic E-state index is 0.0172. The van der Waals surface area contributed by atoms with E-state index in [0.29, 0.717) is 6.04 Å². The molecule has 1 aromatic heterocycles. The van der Waals surface area contributed by atoms with Crippen molar-refractivity contribution in [1.29, 1.82) is 0 Å². The van der Waals surface area contributed by atoms with E-state index in [1.807, 2.05) is 24.4 Å². The van der Waals surface area contributed by atoms with Gasteiger partial charge in [0.15, 0.2) is 0 Å². The van der Waals surface area contributed by atoms with Crippen LogP contribution in [0.1, 0.15) is 24.7 Å². The van der Waals surface area contributed by atoms with Gasteiger partial charge in [0.25, 0.3) is 0 Å². The van der Waals surface area contributed by atoms with Crippen LogP contribution in [-0.2, 0) is 6.61 Å². The van der Waals surface area contributed by atoms with Gasteiger partial charge >= 0.3 is 0 Å². The van der Waals surface area contributed by atoms with E-state index in [1.54, 1.807) is 0 Å². The van der Waals surface area contributed by atoms with E-state index < -0.39 is 0 Å². The van der Waals surface area contributed by atoms with Gasteiger partial charge < -0.3 is 9.67 Å². The van der Waals surface area contributed by atoms with E-state index in [0.717, 1.165) is 11.5 Å². The topological polar surface area (TPSA) is 38.1 Å². The molecule has 1 aliphatic carbocycles. The fourth-order valence-corrected chi connectivity index (χ4v) is 2.08. The largest absolute Gasteiger partial charge is 0.388 e. The number of hydrogen-bond acceptors (Lipinski definition) is 2. The fraction of sp³-hybridized carbons (Fsp3) is 0.308. The zero-order valence-electron chi connectivity index (χ0n) is 9.00. The van der Waals surface area contributed by atoms with Gasteiger partial charge in [-0.15, -0.1) is 0 Å². The third kappa shape index (κ3) is 1.53. The van der Waals surface area contributed by atoms with Crippen molar-refractivity contribution in [3.05, 3.63) is 42.4 Å². The molecular weight excluding hydrogens is 200 g/mol. The molecule has 3 heteroatoms. The Labute approximate surface area is 94.4 Å². The minimum Gasteiger partial charge on any atom is -0.388 e. The number of hydrogen-bond donors (Lipinski definition) is 1. The standard InChI is InChI=1S/C13H14N2O/c16-9-13-14-8-12(15(13)11-6-7-11)10-4-2-1-3-5-10/h1-5,8,11,16H,6-7,9H2. The molecule has 1 fully saturated rings. The lowest BCUT2D eigenvalue weighted by molar-refractivity contribution is 0.265. The lowest BCUT2D eigenvalue weighted by Gasteiger charge is -2.09. The number of aliphatic hydroxyl groups excluding tert-OH is 1.